The minimum Gasteiger partial charge on any atom is -0.362 e. The van der Waals surface area contributed by atoms with Crippen LogP contribution in [0.2, 0.25) is 0 Å². The predicted octanol–water partition coefficient (Wildman–Crippen LogP) is 1.30. The highest BCUT2D eigenvalue weighted by molar-refractivity contribution is 7.80. The number of nitrogens with one attached hydrogen (secondary N) is 1. The van der Waals surface area contributed by atoms with Crippen molar-refractivity contribution in [2.24, 2.45) is 5.92 Å². The van der Waals surface area contributed by atoms with Crippen LogP contribution in [-0.4, -0.2) is 53.7 Å². The Balaban J connectivity index is 1.68. The van der Waals surface area contributed by atoms with Gasteiger partial charge in [0.05, 0.1) is 0 Å². The predicted molar refractivity (Wildman–Crippen MR) is 71.6 cm³/mol. The van der Waals surface area contributed by atoms with Crippen LogP contribution in [0.4, 0.5) is 0 Å². The molecule has 0 aromatic rings. The summed E-state index contributed by atoms with van der Waals surface area (Å²) in [5.41, 5.74) is 0. The van der Waals surface area contributed by atoms with Crippen LogP contribution in [0.1, 0.15) is 26.7 Å². The fraction of sp³-hybridized carbons (Fsp3) is 0.917. The molecule has 92 valence electrons. The maximum atomic E-state index is 5.41. The zero-order valence-corrected chi connectivity index (χ0v) is 11.2. The number of hydrogen-bond donors (Lipinski definition) is 1. The van der Waals surface area contributed by atoms with Crippen molar-refractivity contribution in [1.82, 2.24) is 15.1 Å². The summed E-state index contributed by atoms with van der Waals surface area (Å²) in [6.45, 7) is 9.98. The molecule has 1 saturated heterocycles. The molecule has 1 aliphatic heterocycles. The lowest BCUT2D eigenvalue weighted by molar-refractivity contribution is 0.173. The van der Waals surface area contributed by atoms with Gasteiger partial charge < -0.3 is 10.2 Å². The molecule has 1 saturated carbocycles. The van der Waals surface area contributed by atoms with E-state index in [1.165, 1.54) is 25.9 Å². The molecule has 0 aromatic heterocycles. The Kier molecular flexibility index (Phi) is 4.03. The normalized spacial score (nSPS) is 22.6. The maximum absolute atomic E-state index is 5.41. The lowest BCUT2D eigenvalue weighted by atomic mass is 10.2. The molecule has 0 aromatic carbocycles. The lowest BCUT2D eigenvalue weighted by Crippen LogP contribution is -2.52. The summed E-state index contributed by atoms with van der Waals surface area (Å²) in [6.07, 6.45) is 2.83. The van der Waals surface area contributed by atoms with Gasteiger partial charge in [-0.25, -0.2) is 0 Å². The van der Waals surface area contributed by atoms with E-state index in [9.17, 15) is 0 Å². The molecular weight excluding hydrogens is 218 g/mol. The highest BCUT2D eigenvalue weighted by Gasteiger charge is 2.31. The van der Waals surface area contributed by atoms with E-state index in [4.69, 9.17) is 12.2 Å². The second-order valence-electron chi connectivity index (χ2n) is 5.33. The van der Waals surface area contributed by atoms with Gasteiger partial charge in [0.2, 0.25) is 0 Å². The molecular formula is C12H23N3S. The van der Waals surface area contributed by atoms with Gasteiger partial charge in [-0.2, -0.15) is 0 Å². The van der Waals surface area contributed by atoms with Crippen LogP contribution in [0.15, 0.2) is 0 Å². The molecule has 1 heterocycles. The van der Waals surface area contributed by atoms with Gasteiger partial charge >= 0.3 is 0 Å². The molecule has 3 nitrogen and oxygen atoms in total. The summed E-state index contributed by atoms with van der Waals surface area (Å²) in [5, 5.41) is 4.30. The summed E-state index contributed by atoms with van der Waals surface area (Å²) in [5.74, 6) is 0.658. The van der Waals surface area contributed by atoms with Crippen molar-refractivity contribution in [3.8, 4) is 0 Å². The van der Waals surface area contributed by atoms with Gasteiger partial charge in [-0.1, -0.05) is 13.8 Å². The molecule has 0 amide bonds. The van der Waals surface area contributed by atoms with Gasteiger partial charge in [-0.3, -0.25) is 4.90 Å². The monoisotopic (exact) mass is 241 g/mol. The Morgan fingerprint density at radius 1 is 1.25 bits per heavy atom. The molecule has 2 rings (SSSR count). The highest BCUT2D eigenvalue weighted by Crippen LogP contribution is 2.27. The first-order valence-electron chi connectivity index (χ1n) is 6.43. The topological polar surface area (TPSA) is 18.5 Å². The van der Waals surface area contributed by atoms with Crippen LogP contribution >= 0.6 is 12.2 Å². The number of rotatable bonds is 3. The van der Waals surface area contributed by atoms with Crippen LogP contribution in [0.3, 0.4) is 0 Å². The number of nitrogens with zero attached hydrogens (tertiary/aromatic N) is 2. The van der Waals surface area contributed by atoms with Crippen molar-refractivity contribution in [2.45, 2.75) is 32.7 Å². The van der Waals surface area contributed by atoms with Crippen molar-refractivity contribution < 1.29 is 0 Å². The first kappa shape index (κ1) is 12.1. The molecule has 0 atom stereocenters. The Bertz CT molecular complexity index is 243. The average molecular weight is 241 g/mol. The van der Waals surface area contributed by atoms with E-state index in [2.05, 4.69) is 29.0 Å². The largest absolute Gasteiger partial charge is 0.362 e. The Hall–Kier alpha value is -0.350. The standard InChI is InChI=1S/C12H23N3S/c1-10(2)9-13-12(16)15-7-5-14(6-8-15)11-3-4-11/h10-11H,3-9H2,1-2H3,(H,13,16). The van der Waals surface area contributed by atoms with E-state index in [-0.39, 0.29) is 0 Å². The van der Waals surface area contributed by atoms with E-state index < -0.39 is 0 Å². The second kappa shape index (κ2) is 5.32. The summed E-state index contributed by atoms with van der Waals surface area (Å²) < 4.78 is 0. The van der Waals surface area contributed by atoms with Crippen molar-refractivity contribution in [1.29, 1.82) is 0 Å². The van der Waals surface area contributed by atoms with E-state index in [0.29, 0.717) is 5.92 Å². The molecule has 2 fully saturated rings. The summed E-state index contributed by atoms with van der Waals surface area (Å²) in [4.78, 5) is 4.93. The second-order valence-corrected chi connectivity index (χ2v) is 5.72. The number of thiocarbonyl (C=S) groups is 1. The van der Waals surface area contributed by atoms with Crippen LogP contribution in [0, 0.1) is 5.92 Å². The molecule has 0 bridgehead atoms. The molecule has 0 spiro atoms. The summed E-state index contributed by atoms with van der Waals surface area (Å²) >= 11 is 5.41. The number of hydrogen-bond acceptors (Lipinski definition) is 2. The van der Waals surface area contributed by atoms with Crippen LogP contribution < -0.4 is 5.32 Å². The van der Waals surface area contributed by atoms with Crippen LogP contribution in [0.25, 0.3) is 0 Å². The Morgan fingerprint density at radius 3 is 2.38 bits per heavy atom. The van der Waals surface area contributed by atoms with E-state index >= 15 is 0 Å². The third-order valence-corrected chi connectivity index (χ3v) is 3.73. The maximum Gasteiger partial charge on any atom is 0.169 e. The van der Waals surface area contributed by atoms with Crippen LogP contribution in [0.5, 0.6) is 0 Å². The van der Waals surface area contributed by atoms with Gasteiger partial charge in [0.1, 0.15) is 0 Å². The minimum absolute atomic E-state index is 0.658. The lowest BCUT2D eigenvalue weighted by Gasteiger charge is -2.36. The highest BCUT2D eigenvalue weighted by atomic mass is 32.1. The first-order valence-corrected chi connectivity index (χ1v) is 6.84. The van der Waals surface area contributed by atoms with Gasteiger partial charge in [0.25, 0.3) is 0 Å². The fourth-order valence-corrected chi connectivity index (χ4v) is 2.40. The molecule has 0 unspecified atom stereocenters. The van der Waals surface area contributed by atoms with E-state index in [1.807, 2.05) is 0 Å². The van der Waals surface area contributed by atoms with Crippen molar-refractivity contribution in [2.75, 3.05) is 32.7 Å². The van der Waals surface area contributed by atoms with Gasteiger partial charge in [-0.15, -0.1) is 0 Å². The SMILES string of the molecule is CC(C)CNC(=S)N1CCN(C2CC2)CC1. The van der Waals surface area contributed by atoms with Crippen molar-refractivity contribution in [3.63, 3.8) is 0 Å². The first-order chi connectivity index (χ1) is 7.66. The molecule has 0 radical (unpaired) electrons. The van der Waals surface area contributed by atoms with Crippen LogP contribution in [-0.2, 0) is 0 Å². The smallest absolute Gasteiger partial charge is 0.169 e. The molecule has 4 heteroatoms. The van der Waals surface area contributed by atoms with Gasteiger partial charge in [0, 0.05) is 38.8 Å². The summed E-state index contributed by atoms with van der Waals surface area (Å²) in [6, 6.07) is 0.902. The Labute approximate surface area is 104 Å². The fourth-order valence-electron chi connectivity index (χ4n) is 2.13. The van der Waals surface area contributed by atoms with Crippen molar-refractivity contribution in [3.05, 3.63) is 0 Å². The molecule has 16 heavy (non-hydrogen) atoms. The molecule has 1 aliphatic carbocycles. The third-order valence-electron chi connectivity index (χ3n) is 3.33. The van der Waals surface area contributed by atoms with Gasteiger partial charge in [0.15, 0.2) is 5.11 Å². The average Bonchev–Trinajstić information content (AvgIpc) is 3.10. The molecule has 2 aliphatic rings. The zero-order chi connectivity index (χ0) is 11.5. The molecule has 1 N–H and O–H groups in total. The van der Waals surface area contributed by atoms with Gasteiger partial charge in [-0.05, 0) is 31.0 Å². The Morgan fingerprint density at radius 2 is 1.88 bits per heavy atom. The summed E-state index contributed by atoms with van der Waals surface area (Å²) in [7, 11) is 0. The minimum atomic E-state index is 0.658. The van der Waals surface area contributed by atoms with E-state index in [0.717, 1.165) is 30.8 Å². The number of piperazine rings is 1. The third kappa shape index (κ3) is 3.32. The van der Waals surface area contributed by atoms with Crippen molar-refractivity contribution >= 4 is 17.3 Å². The van der Waals surface area contributed by atoms with E-state index in [1.54, 1.807) is 0 Å². The zero-order valence-electron chi connectivity index (χ0n) is 10.4. The quantitative estimate of drug-likeness (QED) is 0.750.